The Labute approximate surface area is 146 Å². The third kappa shape index (κ3) is 4.90. The quantitative estimate of drug-likeness (QED) is 0.338. The molecule has 1 heterocycles. The maximum Gasteiger partial charge on any atom is 0.338 e. The number of benzene rings is 1. The molecule has 5 unspecified atom stereocenters. The van der Waals surface area contributed by atoms with Crippen LogP contribution in [0.5, 0.6) is 0 Å². The third-order valence-electron chi connectivity index (χ3n) is 4.05. The summed E-state index contributed by atoms with van der Waals surface area (Å²) in [6.45, 7) is 1.89. The zero-order valence-corrected chi connectivity index (χ0v) is 14.0. The normalized spacial score (nSPS) is 29.2. The molecule has 1 aromatic rings. The third-order valence-corrected chi connectivity index (χ3v) is 4.05. The highest BCUT2D eigenvalue weighted by Gasteiger charge is 2.43. The number of aliphatic hydroxyl groups excluding tert-OH is 4. The molecule has 8 heteroatoms. The first-order valence-electron chi connectivity index (χ1n) is 8.32. The van der Waals surface area contributed by atoms with Crippen molar-refractivity contribution < 1.29 is 34.7 Å². The molecule has 140 valence electrons. The predicted octanol–water partition coefficient (Wildman–Crippen LogP) is -0.145. The van der Waals surface area contributed by atoms with Crippen molar-refractivity contribution in [1.29, 1.82) is 0 Å². The van der Waals surface area contributed by atoms with Crippen molar-refractivity contribution in [2.24, 2.45) is 0 Å². The van der Waals surface area contributed by atoms with Crippen molar-refractivity contribution in [1.82, 2.24) is 0 Å². The number of hydrogen-bond donors (Lipinski definition) is 5. The second-order valence-electron chi connectivity index (χ2n) is 5.96. The minimum Gasteiger partial charge on any atom is -0.462 e. The van der Waals surface area contributed by atoms with Crippen LogP contribution in [0.4, 0.5) is 5.69 Å². The van der Waals surface area contributed by atoms with Crippen molar-refractivity contribution in [2.75, 3.05) is 18.5 Å². The van der Waals surface area contributed by atoms with E-state index in [4.69, 9.17) is 9.47 Å². The average Bonchev–Trinajstić information content (AvgIpc) is 2.63. The molecule has 0 saturated carbocycles. The monoisotopic (exact) mass is 355 g/mol. The molecule has 0 amide bonds. The van der Waals surface area contributed by atoms with Gasteiger partial charge in [-0.25, -0.2) is 4.79 Å². The second kappa shape index (κ2) is 9.12. The highest BCUT2D eigenvalue weighted by molar-refractivity contribution is 5.89. The van der Waals surface area contributed by atoms with Crippen LogP contribution in [0.2, 0.25) is 0 Å². The van der Waals surface area contributed by atoms with Crippen LogP contribution < -0.4 is 5.32 Å². The number of unbranched alkanes of at least 4 members (excludes halogenated alkanes) is 1. The summed E-state index contributed by atoms with van der Waals surface area (Å²) in [6, 6.07) is 6.36. The lowest BCUT2D eigenvalue weighted by Gasteiger charge is -2.40. The molecule has 8 nitrogen and oxygen atoms in total. The fourth-order valence-corrected chi connectivity index (χ4v) is 2.48. The topological polar surface area (TPSA) is 128 Å². The van der Waals surface area contributed by atoms with Gasteiger partial charge in [-0.1, -0.05) is 13.3 Å². The maximum atomic E-state index is 11.8. The Balaban J connectivity index is 1.97. The maximum absolute atomic E-state index is 11.8. The van der Waals surface area contributed by atoms with Gasteiger partial charge in [-0.3, -0.25) is 0 Å². The molecule has 0 aliphatic carbocycles. The fourth-order valence-electron chi connectivity index (χ4n) is 2.48. The van der Waals surface area contributed by atoms with E-state index in [0.717, 1.165) is 12.8 Å². The molecule has 1 aliphatic rings. The van der Waals surface area contributed by atoms with Gasteiger partial charge in [0.2, 0.25) is 0 Å². The van der Waals surface area contributed by atoms with Crippen LogP contribution in [0.15, 0.2) is 24.3 Å². The molecular weight excluding hydrogens is 330 g/mol. The van der Waals surface area contributed by atoms with E-state index in [2.05, 4.69) is 5.32 Å². The molecular formula is C17H25NO7. The number of esters is 1. The fraction of sp³-hybridized carbons (Fsp3) is 0.588. The van der Waals surface area contributed by atoms with E-state index in [1.807, 2.05) is 6.92 Å². The average molecular weight is 355 g/mol. The summed E-state index contributed by atoms with van der Waals surface area (Å²) in [7, 11) is 0. The lowest BCUT2D eigenvalue weighted by atomic mass is 9.98. The molecule has 0 spiro atoms. The zero-order chi connectivity index (χ0) is 18.4. The van der Waals surface area contributed by atoms with Crippen molar-refractivity contribution in [3.8, 4) is 0 Å². The van der Waals surface area contributed by atoms with Gasteiger partial charge in [0.1, 0.15) is 24.4 Å². The lowest BCUT2D eigenvalue weighted by Crippen LogP contribution is -2.60. The molecule has 1 aromatic carbocycles. The summed E-state index contributed by atoms with van der Waals surface area (Å²) < 4.78 is 10.5. The number of carbonyl (C=O) groups is 1. The van der Waals surface area contributed by atoms with E-state index in [1.165, 1.54) is 0 Å². The summed E-state index contributed by atoms with van der Waals surface area (Å²) >= 11 is 0. The summed E-state index contributed by atoms with van der Waals surface area (Å²) in [6.07, 6.45) is -4.48. The van der Waals surface area contributed by atoms with Gasteiger partial charge >= 0.3 is 5.97 Å². The Kier molecular flexibility index (Phi) is 7.15. The first-order chi connectivity index (χ1) is 12.0. The molecule has 5 atom stereocenters. The van der Waals surface area contributed by atoms with Crippen molar-refractivity contribution in [3.05, 3.63) is 29.8 Å². The van der Waals surface area contributed by atoms with Crippen LogP contribution >= 0.6 is 0 Å². The molecule has 0 bridgehead atoms. The Bertz CT molecular complexity index is 548. The SMILES string of the molecule is CCCCOC(=O)c1ccc(NC2OC(CO)C(O)C(O)C2O)cc1. The lowest BCUT2D eigenvalue weighted by molar-refractivity contribution is -0.221. The summed E-state index contributed by atoms with van der Waals surface area (Å²) in [5, 5.41) is 41.6. The minimum atomic E-state index is -1.45. The summed E-state index contributed by atoms with van der Waals surface area (Å²) in [5.41, 5.74) is 0.935. The van der Waals surface area contributed by atoms with E-state index < -0.39 is 43.2 Å². The Morgan fingerprint density at radius 1 is 1.16 bits per heavy atom. The van der Waals surface area contributed by atoms with Gasteiger partial charge in [0.05, 0.1) is 18.8 Å². The Morgan fingerprint density at radius 3 is 2.44 bits per heavy atom. The van der Waals surface area contributed by atoms with Crippen LogP contribution in [0.3, 0.4) is 0 Å². The molecule has 2 rings (SSSR count). The molecule has 25 heavy (non-hydrogen) atoms. The van der Waals surface area contributed by atoms with Gasteiger partial charge < -0.3 is 35.2 Å². The smallest absolute Gasteiger partial charge is 0.338 e. The predicted molar refractivity (Wildman–Crippen MR) is 89.0 cm³/mol. The van der Waals surface area contributed by atoms with E-state index in [9.17, 15) is 25.2 Å². The van der Waals surface area contributed by atoms with Crippen LogP contribution in [-0.4, -0.2) is 70.3 Å². The first kappa shape index (κ1) is 19.6. The molecule has 1 fully saturated rings. The molecule has 0 aromatic heterocycles. The van der Waals surface area contributed by atoms with E-state index >= 15 is 0 Å². The van der Waals surface area contributed by atoms with Crippen LogP contribution in [-0.2, 0) is 9.47 Å². The molecule has 1 aliphatic heterocycles. The number of nitrogens with one attached hydrogen (secondary N) is 1. The number of carbonyl (C=O) groups excluding carboxylic acids is 1. The summed E-state index contributed by atoms with van der Waals surface area (Å²) in [5.74, 6) is -0.409. The van der Waals surface area contributed by atoms with E-state index in [0.29, 0.717) is 17.9 Å². The summed E-state index contributed by atoms with van der Waals surface area (Å²) in [4.78, 5) is 11.8. The van der Waals surface area contributed by atoms with Gasteiger partial charge in [0.25, 0.3) is 0 Å². The number of anilines is 1. The Hall–Kier alpha value is -1.71. The van der Waals surface area contributed by atoms with Gasteiger partial charge in [-0.2, -0.15) is 0 Å². The van der Waals surface area contributed by atoms with Gasteiger partial charge in [0, 0.05) is 5.69 Å². The van der Waals surface area contributed by atoms with Crippen LogP contribution in [0.25, 0.3) is 0 Å². The van der Waals surface area contributed by atoms with E-state index in [1.54, 1.807) is 24.3 Å². The molecule has 0 radical (unpaired) electrons. The number of rotatable bonds is 7. The highest BCUT2D eigenvalue weighted by Crippen LogP contribution is 2.23. The minimum absolute atomic E-state index is 0.375. The zero-order valence-electron chi connectivity index (χ0n) is 14.0. The van der Waals surface area contributed by atoms with E-state index in [-0.39, 0.29) is 0 Å². The second-order valence-corrected chi connectivity index (χ2v) is 5.96. The van der Waals surface area contributed by atoms with Crippen molar-refractivity contribution >= 4 is 11.7 Å². The first-order valence-corrected chi connectivity index (χ1v) is 8.32. The standard InChI is InChI=1S/C17H25NO7/c1-2-3-8-24-17(23)10-4-6-11(7-5-10)18-16-15(22)14(21)13(20)12(9-19)25-16/h4-7,12-16,18-22H,2-3,8-9H2,1H3. The largest absolute Gasteiger partial charge is 0.462 e. The van der Waals surface area contributed by atoms with Gasteiger partial charge in [-0.15, -0.1) is 0 Å². The number of hydrogen-bond acceptors (Lipinski definition) is 8. The van der Waals surface area contributed by atoms with Gasteiger partial charge in [-0.05, 0) is 30.7 Å². The van der Waals surface area contributed by atoms with Crippen molar-refractivity contribution in [2.45, 2.75) is 50.4 Å². The van der Waals surface area contributed by atoms with Crippen molar-refractivity contribution in [3.63, 3.8) is 0 Å². The molecule has 1 saturated heterocycles. The highest BCUT2D eigenvalue weighted by atomic mass is 16.6. The number of aliphatic hydroxyl groups is 4. The van der Waals surface area contributed by atoms with Gasteiger partial charge in [0.15, 0.2) is 6.23 Å². The van der Waals surface area contributed by atoms with Crippen LogP contribution in [0.1, 0.15) is 30.1 Å². The Morgan fingerprint density at radius 2 is 1.84 bits per heavy atom. The molecule has 5 N–H and O–H groups in total. The number of ether oxygens (including phenoxy) is 2. The van der Waals surface area contributed by atoms with Crippen LogP contribution in [0, 0.1) is 0 Å².